The zero-order valence-corrected chi connectivity index (χ0v) is 12.0. The van der Waals surface area contributed by atoms with Crippen LogP contribution in [0.15, 0.2) is 4.52 Å². The van der Waals surface area contributed by atoms with Gasteiger partial charge in [0, 0.05) is 4.88 Å². The molecule has 2 aromatic rings. The van der Waals surface area contributed by atoms with Gasteiger partial charge < -0.3 is 10.3 Å². The number of aromatic nitrogens is 2. The third-order valence-corrected chi connectivity index (χ3v) is 5.70. The lowest BCUT2D eigenvalue weighted by molar-refractivity contribution is 0.421. The second-order valence-corrected chi connectivity index (χ2v) is 7.05. The number of hydrogen-bond acceptors (Lipinski definition) is 6. The van der Waals surface area contributed by atoms with Crippen molar-refractivity contribution in [2.45, 2.75) is 31.9 Å². The Balaban J connectivity index is 1.97. The lowest BCUT2D eigenvalue weighted by Crippen LogP contribution is -1.92. The highest BCUT2D eigenvalue weighted by atomic mass is 32.2. The minimum absolute atomic E-state index is 0.392. The number of nitrogens with two attached hydrogens (primary N) is 1. The van der Waals surface area contributed by atoms with Gasteiger partial charge in [0.05, 0.1) is 15.8 Å². The molecule has 4 nitrogen and oxygen atoms in total. The van der Waals surface area contributed by atoms with Crippen LogP contribution in [0.5, 0.6) is 0 Å². The van der Waals surface area contributed by atoms with Gasteiger partial charge in [0.1, 0.15) is 0 Å². The van der Waals surface area contributed by atoms with E-state index in [-0.39, 0.29) is 0 Å². The van der Waals surface area contributed by atoms with E-state index < -0.39 is 0 Å². The molecule has 1 saturated heterocycles. The lowest BCUT2D eigenvalue weighted by Gasteiger charge is -1.99. The van der Waals surface area contributed by atoms with Gasteiger partial charge in [-0.2, -0.15) is 16.7 Å². The van der Waals surface area contributed by atoms with E-state index in [0.717, 1.165) is 28.4 Å². The van der Waals surface area contributed by atoms with E-state index >= 15 is 0 Å². The maximum Gasteiger partial charge on any atom is 0.261 e. The monoisotopic (exact) mass is 281 g/mol. The minimum Gasteiger partial charge on any atom is -0.390 e. The summed E-state index contributed by atoms with van der Waals surface area (Å²) in [4.78, 5) is 5.73. The highest BCUT2D eigenvalue weighted by Crippen LogP contribution is 2.41. The van der Waals surface area contributed by atoms with E-state index in [0.29, 0.717) is 11.1 Å². The molecule has 0 aromatic carbocycles. The molecule has 1 unspecified atom stereocenters. The fourth-order valence-electron chi connectivity index (χ4n) is 2.17. The fraction of sp³-hybridized carbons (Fsp3) is 0.500. The molecule has 0 radical (unpaired) electrons. The summed E-state index contributed by atoms with van der Waals surface area (Å²) in [5.74, 6) is 2.57. The van der Waals surface area contributed by atoms with Gasteiger partial charge in [-0.25, -0.2) is 0 Å². The van der Waals surface area contributed by atoms with Crippen LogP contribution in [-0.4, -0.2) is 15.9 Å². The summed E-state index contributed by atoms with van der Waals surface area (Å²) in [5, 5.41) is 5.26. The molecule has 1 aliphatic rings. The van der Waals surface area contributed by atoms with Crippen LogP contribution in [0.25, 0.3) is 11.5 Å². The van der Waals surface area contributed by atoms with Gasteiger partial charge in [0.15, 0.2) is 5.82 Å². The SMILES string of the molecule is Cc1sc(N)c(-c2nc(C3CCCS3)no2)c1C. The Bertz CT molecular complexity index is 570. The average Bonchev–Trinajstić information content (AvgIpc) is 3.01. The van der Waals surface area contributed by atoms with Crippen molar-refractivity contribution < 1.29 is 4.52 Å². The van der Waals surface area contributed by atoms with Crippen molar-refractivity contribution in [3.05, 3.63) is 16.3 Å². The molecule has 3 heterocycles. The van der Waals surface area contributed by atoms with Crippen LogP contribution in [0.3, 0.4) is 0 Å². The molecular weight excluding hydrogens is 266 g/mol. The molecule has 3 rings (SSSR count). The van der Waals surface area contributed by atoms with Crippen LogP contribution in [0.2, 0.25) is 0 Å². The van der Waals surface area contributed by atoms with Crippen LogP contribution in [0, 0.1) is 13.8 Å². The normalized spacial score (nSPS) is 19.6. The second-order valence-electron chi connectivity index (χ2n) is 4.48. The van der Waals surface area contributed by atoms with Gasteiger partial charge in [-0.1, -0.05) is 5.16 Å². The van der Waals surface area contributed by atoms with Crippen molar-refractivity contribution in [1.82, 2.24) is 10.1 Å². The zero-order valence-electron chi connectivity index (χ0n) is 10.4. The Morgan fingerprint density at radius 3 is 2.83 bits per heavy atom. The zero-order chi connectivity index (χ0) is 12.7. The molecule has 1 aliphatic heterocycles. The molecule has 0 spiro atoms. The van der Waals surface area contributed by atoms with Gasteiger partial charge in [-0.15, -0.1) is 11.3 Å². The van der Waals surface area contributed by atoms with Crippen LogP contribution in [0.4, 0.5) is 5.00 Å². The molecule has 2 aromatic heterocycles. The Kier molecular flexibility index (Phi) is 3.07. The molecule has 1 atom stereocenters. The maximum atomic E-state index is 6.02. The lowest BCUT2D eigenvalue weighted by atomic mass is 10.1. The summed E-state index contributed by atoms with van der Waals surface area (Å²) in [5.41, 5.74) is 8.08. The number of thiophene rings is 1. The Labute approximate surface area is 114 Å². The van der Waals surface area contributed by atoms with E-state index in [1.807, 2.05) is 18.7 Å². The number of aryl methyl sites for hydroxylation is 1. The predicted molar refractivity (Wildman–Crippen MR) is 75.9 cm³/mol. The van der Waals surface area contributed by atoms with E-state index in [2.05, 4.69) is 17.1 Å². The summed E-state index contributed by atoms with van der Waals surface area (Å²) in [6, 6.07) is 0. The summed E-state index contributed by atoms with van der Waals surface area (Å²) >= 11 is 3.48. The largest absolute Gasteiger partial charge is 0.390 e. The predicted octanol–water partition coefficient (Wildman–Crippen LogP) is 3.57. The van der Waals surface area contributed by atoms with Crippen molar-refractivity contribution >= 4 is 28.1 Å². The first-order chi connectivity index (χ1) is 8.66. The Morgan fingerprint density at radius 2 is 2.22 bits per heavy atom. The van der Waals surface area contributed by atoms with Crippen LogP contribution >= 0.6 is 23.1 Å². The van der Waals surface area contributed by atoms with E-state index in [4.69, 9.17) is 10.3 Å². The van der Waals surface area contributed by atoms with Crippen molar-refractivity contribution in [1.29, 1.82) is 0 Å². The first-order valence-corrected chi connectivity index (χ1v) is 7.84. The fourth-order valence-corrected chi connectivity index (χ4v) is 4.29. The minimum atomic E-state index is 0.392. The average molecular weight is 281 g/mol. The number of thioether (sulfide) groups is 1. The summed E-state index contributed by atoms with van der Waals surface area (Å²) < 4.78 is 5.39. The first kappa shape index (κ1) is 12.0. The molecule has 18 heavy (non-hydrogen) atoms. The topological polar surface area (TPSA) is 64.9 Å². The third kappa shape index (κ3) is 1.93. The van der Waals surface area contributed by atoms with E-state index in [1.165, 1.54) is 17.1 Å². The van der Waals surface area contributed by atoms with Crippen LogP contribution in [-0.2, 0) is 0 Å². The van der Waals surface area contributed by atoms with Crippen LogP contribution < -0.4 is 5.73 Å². The van der Waals surface area contributed by atoms with Crippen molar-refractivity contribution in [2.24, 2.45) is 0 Å². The summed E-state index contributed by atoms with van der Waals surface area (Å²) in [6.45, 7) is 4.11. The second kappa shape index (κ2) is 4.59. The van der Waals surface area contributed by atoms with Gasteiger partial charge in [0.25, 0.3) is 5.89 Å². The van der Waals surface area contributed by atoms with E-state index in [1.54, 1.807) is 11.3 Å². The molecule has 0 saturated carbocycles. The van der Waals surface area contributed by atoms with Gasteiger partial charge in [0.2, 0.25) is 0 Å². The Hall–Kier alpha value is -1.01. The number of nitrogens with zero attached hydrogens (tertiary/aromatic N) is 2. The van der Waals surface area contributed by atoms with Gasteiger partial charge in [-0.3, -0.25) is 0 Å². The van der Waals surface area contributed by atoms with Gasteiger partial charge in [-0.05, 0) is 38.0 Å². The number of nitrogen functional groups attached to an aromatic ring is 1. The van der Waals surface area contributed by atoms with Crippen molar-refractivity contribution in [3.8, 4) is 11.5 Å². The van der Waals surface area contributed by atoms with Gasteiger partial charge >= 0.3 is 0 Å². The third-order valence-electron chi connectivity index (χ3n) is 3.29. The van der Waals surface area contributed by atoms with Crippen molar-refractivity contribution in [3.63, 3.8) is 0 Å². The molecule has 1 fully saturated rings. The summed E-state index contributed by atoms with van der Waals surface area (Å²) in [6.07, 6.45) is 2.37. The van der Waals surface area contributed by atoms with E-state index in [9.17, 15) is 0 Å². The summed E-state index contributed by atoms with van der Waals surface area (Å²) in [7, 11) is 0. The number of anilines is 1. The maximum absolute atomic E-state index is 6.02. The molecule has 0 bridgehead atoms. The highest BCUT2D eigenvalue weighted by Gasteiger charge is 2.25. The molecule has 0 aliphatic carbocycles. The number of rotatable bonds is 2. The van der Waals surface area contributed by atoms with Crippen LogP contribution in [0.1, 0.15) is 34.4 Å². The standard InChI is InChI=1S/C12H15N3OS2/c1-6-7(2)18-10(13)9(6)12-14-11(15-16-12)8-4-3-5-17-8/h8H,3-5,13H2,1-2H3. The molecule has 6 heteroatoms. The first-order valence-electron chi connectivity index (χ1n) is 5.98. The Morgan fingerprint density at radius 1 is 1.39 bits per heavy atom. The van der Waals surface area contributed by atoms with Crippen molar-refractivity contribution in [2.75, 3.05) is 11.5 Å². The molecular formula is C12H15N3OS2. The highest BCUT2D eigenvalue weighted by molar-refractivity contribution is 7.99. The number of hydrogen-bond donors (Lipinski definition) is 1. The molecule has 0 amide bonds. The smallest absolute Gasteiger partial charge is 0.261 e. The molecule has 2 N–H and O–H groups in total. The molecule has 96 valence electrons. The quantitative estimate of drug-likeness (QED) is 0.911.